The second kappa shape index (κ2) is 6.38. The molecule has 1 heterocycles. The number of rotatable bonds is 4. The van der Waals surface area contributed by atoms with Gasteiger partial charge in [-0.3, -0.25) is 0 Å². The van der Waals surface area contributed by atoms with Crippen molar-refractivity contribution in [1.82, 2.24) is 0 Å². The number of carbonyl (C=O) groups is 1. The van der Waals surface area contributed by atoms with Crippen molar-refractivity contribution in [2.45, 2.75) is 18.9 Å². The summed E-state index contributed by atoms with van der Waals surface area (Å²) in [5, 5.41) is 8.58. The van der Waals surface area contributed by atoms with E-state index in [0.717, 1.165) is 43.4 Å². The number of nitrogens with zero attached hydrogens (tertiary/aromatic N) is 1. The third-order valence-electron chi connectivity index (χ3n) is 3.46. The lowest BCUT2D eigenvalue weighted by atomic mass is 10.1. The van der Waals surface area contributed by atoms with E-state index < -0.39 is 5.97 Å². The Hall–Kier alpha value is -1.81. The highest BCUT2D eigenvalue weighted by molar-refractivity contribution is 5.85. The molecule has 2 rings (SSSR count). The Kier molecular flexibility index (Phi) is 4.58. The van der Waals surface area contributed by atoms with E-state index in [-0.39, 0.29) is 0 Å². The van der Waals surface area contributed by atoms with Crippen LogP contribution in [0.5, 0.6) is 0 Å². The second-order valence-electron chi connectivity index (χ2n) is 4.72. The molecule has 1 aliphatic heterocycles. The number of carboxylic acids is 1. The summed E-state index contributed by atoms with van der Waals surface area (Å²) in [5.41, 5.74) is 2.05. The monoisotopic (exact) mass is 261 g/mol. The minimum atomic E-state index is -0.927. The molecule has 102 valence electrons. The minimum Gasteiger partial charge on any atom is -0.478 e. The molecule has 0 atom stereocenters. The highest BCUT2D eigenvalue weighted by atomic mass is 16.5. The van der Waals surface area contributed by atoms with Crippen LogP contribution in [-0.2, 0) is 9.53 Å². The van der Waals surface area contributed by atoms with Crippen LogP contribution in [0.25, 0.3) is 6.08 Å². The third-order valence-corrected chi connectivity index (χ3v) is 3.46. The van der Waals surface area contributed by atoms with E-state index in [4.69, 9.17) is 9.84 Å². The summed E-state index contributed by atoms with van der Waals surface area (Å²) in [5.74, 6) is -0.927. The molecule has 0 spiro atoms. The fourth-order valence-corrected chi connectivity index (χ4v) is 2.27. The van der Waals surface area contributed by atoms with E-state index in [1.807, 2.05) is 24.3 Å². The molecule has 1 aromatic rings. The van der Waals surface area contributed by atoms with E-state index in [9.17, 15) is 4.79 Å². The van der Waals surface area contributed by atoms with Gasteiger partial charge in [-0.15, -0.1) is 0 Å². The van der Waals surface area contributed by atoms with Crippen molar-refractivity contribution < 1.29 is 14.6 Å². The van der Waals surface area contributed by atoms with Crippen LogP contribution in [0.2, 0.25) is 0 Å². The van der Waals surface area contributed by atoms with Gasteiger partial charge in [0.15, 0.2) is 0 Å². The van der Waals surface area contributed by atoms with Gasteiger partial charge in [-0.25, -0.2) is 4.79 Å². The maximum Gasteiger partial charge on any atom is 0.328 e. The molecule has 1 N–H and O–H groups in total. The number of benzene rings is 1. The van der Waals surface area contributed by atoms with Crippen molar-refractivity contribution in [3.8, 4) is 0 Å². The van der Waals surface area contributed by atoms with Crippen LogP contribution in [0.1, 0.15) is 18.4 Å². The first-order valence-corrected chi connectivity index (χ1v) is 6.48. The van der Waals surface area contributed by atoms with Crippen molar-refractivity contribution in [3.05, 3.63) is 35.9 Å². The molecule has 0 unspecified atom stereocenters. The van der Waals surface area contributed by atoms with Crippen LogP contribution in [0.3, 0.4) is 0 Å². The van der Waals surface area contributed by atoms with Gasteiger partial charge in [-0.2, -0.15) is 0 Å². The van der Waals surface area contributed by atoms with Crippen molar-refractivity contribution in [2.75, 3.05) is 25.2 Å². The lowest BCUT2D eigenvalue weighted by Crippen LogP contribution is -2.36. The number of hydrogen-bond donors (Lipinski definition) is 1. The highest BCUT2D eigenvalue weighted by Crippen LogP contribution is 2.21. The standard InChI is InChI=1S/C15H19NO3/c1-16(14-8-10-19-11-9-14)13-5-2-12(3-6-13)4-7-15(17)18/h2-7,14H,8-11H2,1H3,(H,17,18)/b7-4+. The van der Waals surface area contributed by atoms with Gasteiger partial charge in [-0.05, 0) is 36.6 Å². The normalized spacial score (nSPS) is 16.7. The van der Waals surface area contributed by atoms with Crippen molar-refractivity contribution in [2.24, 2.45) is 0 Å². The predicted octanol–water partition coefficient (Wildman–Crippen LogP) is 2.40. The molecule has 0 aromatic heterocycles. The number of carboxylic acid groups (broad SMARTS) is 1. The van der Waals surface area contributed by atoms with Crippen LogP contribution in [0.15, 0.2) is 30.3 Å². The maximum atomic E-state index is 10.4. The number of anilines is 1. The molecule has 1 fully saturated rings. The lowest BCUT2D eigenvalue weighted by Gasteiger charge is -2.33. The average Bonchev–Trinajstić information content (AvgIpc) is 2.46. The number of hydrogen-bond acceptors (Lipinski definition) is 3. The van der Waals surface area contributed by atoms with E-state index >= 15 is 0 Å². The van der Waals surface area contributed by atoms with Gasteiger partial charge in [0.05, 0.1) is 0 Å². The molecule has 0 aliphatic carbocycles. The fourth-order valence-electron chi connectivity index (χ4n) is 2.27. The van der Waals surface area contributed by atoms with E-state index in [0.29, 0.717) is 6.04 Å². The van der Waals surface area contributed by atoms with Crippen LogP contribution in [0.4, 0.5) is 5.69 Å². The predicted molar refractivity (Wildman–Crippen MR) is 75.4 cm³/mol. The Morgan fingerprint density at radius 3 is 2.53 bits per heavy atom. The molecule has 0 radical (unpaired) electrons. The second-order valence-corrected chi connectivity index (χ2v) is 4.72. The first-order chi connectivity index (χ1) is 9.16. The van der Waals surface area contributed by atoms with Gasteiger partial charge >= 0.3 is 5.97 Å². The number of ether oxygens (including phenoxy) is 1. The summed E-state index contributed by atoms with van der Waals surface area (Å²) in [6.07, 6.45) is 4.85. The molecule has 1 aromatic carbocycles. The Balaban J connectivity index is 2.02. The molecular weight excluding hydrogens is 242 g/mol. The molecule has 0 amide bonds. The Bertz CT molecular complexity index is 447. The Morgan fingerprint density at radius 1 is 1.32 bits per heavy atom. The molecule has 0 saturated carbocycles. The summed E-state index contributed by atoms with van der Waals surface area (Å²) < 4.78 is 5.37. The first kappa shape index (κ1) is 13.6. The SMILES string of the molecule is CN(c1ccc(/C=C/C(=O)O)cc1)C1CCOCC1. The molecule has 19 heavy (non-hydrogen) atoms. The topological polar surface area (TPSA) is 49.8 Å². The average molecular weight is 261 g/mol. The van der Waals surface area contributed by atoms with E-state index in [1.165, 1.54) is 0 Å². The van der Waals surface area contributed by atoms with Gasteiger partial charge in [0.1, 0.15) is 0 Å². The summed E-state index contributed by atoms with van der Waals surface area (Å²) >= 11 is 0. The van der Waals surface area contributed by atoms with Crippen molar-refractivity contribution in [3.63, 3.8) is 0 Å². The molecular formula is C15H19NO3. The minimum absolute atomic E-state index is 0.522. The van der Waals surface area contributed by atoms with E-state index in [1.54, 1.807) is 6.08 Å². The molecule has 4 nitrogen and oxygen atoms in total. The highest BCUT2D eigenvalue weighted by Gasteiger charge is 2.18. The van der Waals surface area contributed by atoms with Gasteiger partial charge in [0, 0.05) is 38.1 Å². The summed E-state index contributed by atoms with van der Waals surface area (Å²) in [7, 11) is 2.10. The Labute approximate surface area is 113 Å². The zero-order chi connectivity index (χ0) is 13.7. The maximum absolute atomic E-state index is 10.4. The van der Waals surface area contributed by atoms with Gasteiger partial charge < -0.3 is 14.7 Å². The van der Waals surface area contributed by atoms with Crippen LogP contribution < -0.4 is 4.90 Å². The van der Waals surface area contributed by atoms with Crippen molar-refractivity contribution in [1.29, 1.82) is 0 Å². The summed E-state index contributed by atoms with van der Waals surface area (Å²) in [4.78, 5) is 12.7. The number of aliphatic carboxylic acids is 1. The van der Waals surface area contributed by atoms with Gasteiger partial charge in [0.25, 0.3) is 0 Å². The molecule has 1 saturated heterocycles. The van der Waals surface area contributed by atoms with Crippen LogP contribution in [0, 0.1) is 0 Å². The third kappa shape index (κ3) is 3.83. The zero-order valence-corrected chi connectivity index (χ0v) is 11.1. The zero-order valence-electron chi connectivity index (χ0n) is 11.1. The van der Waals surface area contributed by atoms with E-state index in [2.05, 4.69) is 11.9 Å². The van der Waals surface area contributed by atoms with Crippen molar-refractivity contribution >= 4 is 17.7 Å². The summed E-state index contributed by atoms with van der Waals surface area (Å²) in [6.45, 7) is 1.66. The molecule has 1 aliphatic rings. The Morgan fingerprint density at radius 2 is 1.95 bits per heavy atom. The first-order valence-electron chi connectivity index (χ1n) is 6.48. The quantitative estimate of drug-likeness (QED) is 0.846. The van der Waals surface area contributed by atoms with Crippen LogP contribution >= 0.6 is 0 Å². The lowest BCUT2D eigenvalue weighted by molar-refractivity contribution is -0.131. The smallest absolute Gasteiger partial charge is 0.328 e. The fraction of sp³-hybridized carbons (Fsp3) is 0.400. The largest absolute Gasteiger partial charge is 0.478 e. The van der Waals surface area contributed by atoms with Gasteiger partial charge in [-0.1, -0.05) is 12.1 Å². The molecule has 0 bridgehead atoms. The molecule has 4 heteroatoms. The van der Waals surface area contributed by atoms with Gasteiger partial charge in [0.2, 0.25) is 0 Å². The van der Waals surface area contributed by atoms with Crippen LogP contribution in [-0.4, -0.2) is 37.4 Å². The summed E-state index contributed by atoms with van der Waals surface area (Å²) in [6, 6.07) is 8.44.